The Hall–Kier alpha value is -1.94. The molecule has 0 unspecified atom stereocenters. The highest BCUT2D eigenvalue weighted by atomic mass is 19.1. The lowest BCUT2D eigenvalue weighted by atomic mass is 10.2. The van der Waals surface area contributed by atoms with Gasteiger partial charge in [-0.15, -0.1) is 0 Å². The zero-order valence-electron chi connectivity index (χ0n) is 10.9. The van der Waals surface area contributed by atoms with Crippen LogP contribution in [-0.2, 0) is 6.54 Å². The van der Waals surface area contributed by atoms with Gasteiger partial charge in [-0.25, -0.2) is 8.78 Å². The van der Waals surface area contributed by atoms with Gasteiger partial charge in [0, 0.05) is 24.2 Å². The van der Waals surface area contributed by atoms with E-state index in [4.69, 9.17) is 4.74 Å². The van der Waals surface area contributed by atoms with Crippen LogP contribution in [0, 0.1) is 11.6 Å². The molecule has 0 saturated heterocycles. The van der Waals surface area contributed by atoms with Crippen LogP contribution in [0.3, 0.4) is 0 Å². The average Bonchev–Trinajstić information content (AvgIpc) is 3.25. The largest absolute Gasteiger partial charge is 0.454 e. The summed E-state index contributed by atoms with van der Waals surface area (Å²) in [7, 11) is 0. The molecule has 1 N–H and O–H groups in total. The first-order valence-electron chi connectivity index (χ1n) is 6.66. The summed E-state index contributed by atoms with van der Waals surface area (Å²) < 4.78 is 32.1. The molecule has 0 amide bonds. The van der Waals surface area contributed by atoms with E-state index in [-0.39, 0.29) is 5.75 Å². The summed E-state index contributed by atoms with van der Waals surface area (Å²) in [4.78, 5) is 0. The van der Waals surface area contributed by atoms with Crippen molar-refractivity contribution in [3.8, 4) is 11.5 Å². The van der Waals surface area contributed by atoms with Crippen molar-refractivity contribution in [3.05, 3.63) is 59.7 Å². The number of rotatable bonds is 5. The number of hydrogen-bond donors (Lipinski definition) is 1. The summed E-state index contributed by atoms with van der Waals surface area (Å²) in [5, 5.41) is 3.39. The Bertz CT molecular complexity index is 611. The zero-order valence-corrected chi connectivity index (χ0v) is 10.9. The number of hydrogen-bond acceptors (Lipinski definition) is 2. The molecule has 0 bridgehead atoms. The molecule has 1 aliphatic rings. The van der Waals surface area contributed by atoms with Gasteiger partial charge in [-0.05, 0) is 31.0 Å². The Labute approximate surface area is 116 Å². The maximum atomic E-state index is 13.6. The molecule has 0 spiro atoms. The minimum absolute atomic E-state index is 0.0327. The van der Waals surface area contributed by atoms with Gasteiger partial charge < -0.3 is 10.1 Å². The van der Waals surface area contributed by atoms with Crippen molar-refractivity contribution in [1.82, 2.24) is 5.32 Å². The standard InChI is InChI=1S/C16H15F2NO/c17-12-5-8-16(14(18)9-12)20-15-4-2-1-3-11(15)10-19-13-6-7-13/h1-5,8-9,13,19H,6-7,10H2. The molecule has 4 heteroatoms. The van der Waals surface area contributed by atoms with Gasteiger partial charge in [-0.1, -0.05) is 18.2 Å². The predicted octanol–water partition coefficient (Wildman–Crippen LogP) is 4.01. The first-order chi connectivity index (χ1) is 9.72. The van der Waals surface area contributed by atoms with E-state index in [9.17, 15) is 8.78 Å². The molecule has 2 aromatic carbocycles. The number of para-hydroxylation sites is 1. The van der Waals surface area contributed by atoms with Crippen molar-refractivity contribution < 1.29 is 13.5 Å². The van der Waals surface area contributed by atoms with Crippen LogP contribution in [0.5, 0.6) is 11.5 Å². The molecule has 0 aliphatic heterocycles. The van der Waals surface area contributed by atoms with Crippen molar-refractivity contribution in [2.24, 2.45) is 0 Å². The van der Waals surface area contributed by atoms with E-state index in [0.717, 1.165) is 11.6 Å². The zero-order chi connectivity index (χ0) is 13.9. The SMILES string of the molecule is Fc1ccc(Oc2ccccc2CNC2CC2)c(F)c1. The molecular weight excluding hydrogens is 260 g/mol. The molecular formula is C16H15F2NO. The minimum atomic E-state index is -0.699. The third-order valence-corrected chi connectivity index (χ3v) is 3.24. The second-order valence-corrected chi connectivity index (χ2v) is 4.94. The van der Waals surface area contributed by atoms with E-state index in [1.165, 1.54) is 25.0 Å². The van der Waals surface area contributed by atoms with Crippen molar-refractivity contribution in [2.75, 3.05) is 0 Å². The van der Waals surface area contributed by atoms with Crippen LogP contribution in [0.2, 0.25) is 0 Å². The summed E-state index contributed by atoms with van der Waals surface area (Å²) in [6, 6.07) is 11.4. The minimum Gasteiger partial charge on any atom is -0.454 e. The smallest absolute Gasteiger partial charge is 0.168 e. The number of ether oxygens (including phenoxy) is 1. The first kappa shape index (κ1) is 13.1. The fourth-order valence-corrected chi connectivity index (χ4v) is 1.97. The quantitative estimate of drug-likeness (QED) is 0.890. The van der Waals surface area contributed by atoms with E-state index in [0.29, 0.717) is 18.3 Å². The summed E-state index contributed by atoms with van der Waals surface area (Å²) in [6.07, 6.45) is 2.41. The Balaban J connectivity index is 1.78. The highest BCUT2D eigenvalue weighted by Gasteiger charge is 2.20. The van der Waals surface area contributed by atoms with E-state index < -0.39 is 11.6 Å². The van der Waals surface area contributed by atoms with E-state index in [1.54, 1.807) is 6.07 Å². The van der Waals surface area contributed by atoms with Crippen molar-refractivity contribution in [2.45, 2.75) is 25.4 Å². The van der Waals surface area contributed by atoms with E-state index in [2.05, 4.69) is 5.32 Å². The lowest BCUT2D eigenvalue weighted by Gasteiger charge is -2.12. The van der Waals surface area contributed by atoms with Gasteiger partial charge in [-0.2, -0.15) is 0 Å². The molecule has 1 fully saturated rings. The van der Waals surface area contributed by atoms with E-state index in [1.807, 2.05) is 18.2 Å². The highest BCUT2D eigenvalue weighted by molar-refractivity contribution is 5.38. The Kier molecular flexibility index (Phi) is 3.65. The second kappa shape index (κ2) is 5.59. The molecule has 0 aromatic heterocycles. The van der Waals surface area contributed by atoms with Crippen molar-refractivity contribution >= 4 is 0 Å². The van der Waals surface area contributed by atoms with Gasteiger partial charge in [0.2, 0.25) is 0 Å². The predicted molar refractivity (Wildman–Crippen MR) is 72.7 cm³/mol. The monoisotopic (exact) mass is 275 g/mol. The van der Waals surface area contributed by atoms with Crippen LogP contribution in [0.1, 0.15) is 18.4 Å². The number of halogens is 2. The van der Waals surface area contributed by atoms with Gasteiger partial charge in [0.25, 0.3) is 0 Å². The molecule has 2 aromatic rings. The lowest BCUT2D eigenvalue weighted by Crippen LogP contribution is -2.15. The molecule has 104 valence electrons. The molecule has 1 saturated carbocycles. The van der Waals surface area contributed by atoms with Crippen LogP contribution in [0.4, 0.5) is 8.78 Å². The maximum Gasteiger partial charge on any atom is 0.168 e. The molecule has 0 heterocycles. The third kappa shape index (κ3) is 3.14. The van der Waals surface area contributed by atoms with Crippen LogP contribution >= 0.6 is 0 Å². The summed E-state index contributed by atoms with van der Waals surface area (Å²) in [5.41, 5.74) is 0.961. The first-order valence-corrected chi connectivity index (χ1v) is 6.66. The second-order valence-electron chi connectivity index (χ2n) is 4.94. The normalized spacial score (nSPS) is 14.3. The van der Waals surface area contributed by atoms with Crippen LogP contribution in [0.25, 0.3) is 0 Å². The van der Waals surface area contributed by atoms with Crippen LogP contribution in [0.15, 0.2) is 42.5 Å². The Morgan fingerprint density at radius 3 is 2.60 bits per heavy atom. The van der Waals surface area contributed by atoms with Gasteiger partial charge in [0.15, 0.2) is 11.6 Å². The fraction of sp³-hybridized carbons (Fsp3) is 0.250. The van der Waals surface area contributed by atoms with Crippen molar-refractivity contribution in [1.29, 1.82) is 0 Å². The molecule has 20 heavy (non-hydrogen) atoms. The molecule has 2 nitrogen and oxygen atoms in total. The van der Waals surface area contributed by atoms with Crippen molar-refractivity contribution in [3.63, 3.8) is 0 Å². The summed E-state index contributed by atoms with van der Waals surface area (Å²) >= 11 is 0. The molecule has 0 radical (unpaired) electrons. The summed E-state index contributed by atoms with van der Waals surface area (Å²) in [5.74, 6) is -0.690. The topological polar surface area (TPSA) is 21.3 Å². The fourth-order valence-electron chi connectivity index (χ4n) is 1.97. The van der Waals surface area contributed by atoms with Gasteiger partial charge >= 0.3 is 0 Å². The van der Waals surface area contributed by atoms with Gasteiger partial charge in [0.1, 0.15) is 11.6 Å². The lowest BCUT2D eigenvalue weighted by molar-refractivity contribution is 0.431. The van der Waals surface area contributed by atoms with Crippen LogP contribution < -0.4 is 10.1 Å². The highest BCUT2D eigenvalue weighted by Crippen LogP contribution is 2.28. The Morgan fingerprint density at radius 1 is 1.05 bits per heavy atom. The molecule has 3 rings (SSSR count). The number of nitrogens with one attached hydrogen (secondary N) is 1. The van der Waals surface area contributed by atoms with E-state index >= 15 is 0 Å². The van der Waals surface area contributed by atoms with Gasteiger partial charge in [-0.3, -0.25) is 0 Å². The summed E-state index contributed by atoms with van der Waals surface area (Å²) in [6.45, 7) is 0.684. The van der Waals surface area contributed by atoms with Crippen LogP contribution in [-0.4, -0.2) is 6.04 Å². The Morgan fingerprint density at radius 2 is 1.85 bits per heavy atom. The molecule has 0 atom stereocenters. The number of benzene rings is 2. The van der Waals surface area contributed by atoms with Gasteiger partial charge in [0.05, 0.1) is 0 Å². The third-order valence-electron chi connectivity index (χ3n) is 3.24. The molecule has 1 aliphatic carbocycles. The maximum absolute atomic E-state index is 13.6. The average molecular weight is 275 g/mol.